The van der Waals surface area contributed by atoms with Crippen molar-refractivity contribution in [3.8, 4) is 0 Å². The molecule has 0 bridgehead atoms. The fourth-order valence-electron chi connectivity index (χ4n) is 1.52. The molecule has 0 aliphatic carbocycles. The van der Waals surface area contributed by atoms with Crippen LogP contribution in [0.5, 0.6) is 0 Å². The Morgan fingerprint density at radius 2 is 2.50 bits per heavy atom. The molecule has 5 heteroatoms. The first-order chi connectivity index (χ1) is 6.77. The molecule has 1 heterocycles. The van der Waals surface area contributed by atoms with Crippen molar-refractivity contribution in [3.05, 3.63) is 0 Å². The van der Waals surface area contributed by atoms with Crippen LogP contribution in [0.2, 0.25) is 0 Å². The number of rotatable bonds is 3. The summed E-state index contributed by atoms with van der Waals surface area (Å²) in [6.07, 6.45) is 0.965. The van der Waals surface area contributed by atoms with Gasteiger partial charge >= 0.3 is 0 Å². The molecule has 0 radical (unpaired) electrons. The zero-order chi connectivity index (χ0) is 10.4. The Morgan fingerprint density at radius 1 is 1.71 bits per heavy atom. The van der Waals surface area contributed by atoms with Crippen LogP contribution in [0.15, 0.2) is 4.99 Å². The van der Waals surface area contributed by atoms with E-state index in [1.807, 2.05) is 6.92 Å². The molecule has 2 unspecified atom stereocenters. The molecule has 14 heavy (non-hydrogen) atoms. The molecule has 5 nitrogen and oxygen atoms in total. The third kappa shape index (κ3) is 3.16. The third-order valence-electron chi connectivity index (χ3n) is 2.27. The lowest BCUT2D eigenvalue weighted by Gasteiger charge is -2.31. The van der Waals surface area contributed by atoms with Crippen LogP contribution in [0.25, 0.3) is 0 Å². The number of guanidine groups is 1. The monoisotopic (exact) mass is 201 g/mol. The van der Waals surface area contributed by atoms with E-state index in [4.69, 9.17) is 15.2 Å². The average Bonchev–Trinajstić information content (AvgIpc) is 2.19. The van der Waals surface area contributed by atoms with Gasteiger partial charge in [0, 0.05) is 20.3 Å². The van der Waals surface area contributed by atoms with Crippen LogP contribution in [0.4, 0.5) is 0 Å². The summed E-state index contributed by atoms with van der Waals surface area (Å²) in [6.45, 7) is 4.01. The number of aliphatic imine (C=N–C) groups is 1. The van der Waals surface area contributed by atoms with Crippen LogP contribution in [0.3, 0.4) is 0 Å². The molecule has 1 rings (SSSR count). The van der Waals surface area contributed by atoms with Crippen LogP contribution in [-0.4, -0.2) is 45.0 Å². The largest absolute Gasteiger partial charge is 0.379 e. The fourth-order valence-corrected chi connectivity index (χ4v) is 1.52. The first-order valence-electron chi connectivity index (χ1n) is 4.95. The van der Waals surface area contributed by atoms with Gasteiger partial charge in [-0.3, -0.25) is 4.99 Å². The summed E-state index contributed by atoms with van der Waals surface area (Å²) in [6, 6.07) is 0.212. The summed E-state index contributed by atoms with van der Waals surface area (Å²) in [5, 5.41) is 3.14. The number of nitrogens with two attached hydrogens (primary N) is 1. The van der Waals surface area contributed by atoms with Crippen molar-refractivity contribution in [2.45, 2.75) is 25.5 Å². The fraction of sp³-hybridized carbons (Fsp3) is 0.889. The maximum absolute atomic E-state index is 5.67. The van der Waals surface area contributed by atoms with Crippen molar-refractivity contribution in [2.24, 2.45) is 10.7 Å². The quantitative estimate of drug-likeness (QED) is 0.486. The van der Waals surface area contributed by atoms with Crippen LogP contribution < -0.4 is 11.1 Å². The molecular formula is C9H19N3O2. The van der Waals surface area contributed by atoms with Gasteiger partial charge in [-0.25, -0.2) is 0 Å². The highest BCUT2D eigenvalue weighted by molar-refractivity contribution is 5.78. The Kier molecular flexibility index (Phi) is 4.69. The molecule has 0 amide bonds. The summed E-state index contributed by atoms with van der Waals surface area (Å²) in [5.41, 5.74) is 5.67. The Bertz CT molecular complexity index is 196. The van der Waals surface area contributed by atoms with E-state index in [9.17, 15) is 0 Å². The number of nitrogens with one attached hydrogen (secondary N) is 1. The minimum Gasteiger partial charge on any atom is -0.379 e. The lowest BCUT2D eigenvalue weighted by molar-refractivity contribution is -0.0457. The van der Waals surface area contributed by atoms with E-state index < -0.39 is 0 Å². The standard InChI is InChI=1S/C9H19N3O2/c1-3-11-9(10)12-7-4-5-14-6-8(7)13-2/h7-8H,3-6H2,1-2H3,(H3,10,11,12). The summed E-state index contributed by atoms with van der Waals surface area (Å²) in [4.78, 5) is 4.07. The van der Waals surface area contributed by atoms with Crippen molar-refractivity contribution in [1.82, 2.24) is 5.32 Å². The lowest BCUT2D eigenvalue weighted by Crippen LogP contribution is -2.51. The van der Waals surface area contributed by atoms with Crippen molar-refractivity contribution in [3.63, 3.8) is 0 Å². The molecule has 2 atom stereocenters. The smallest absolute Gasteiger partial charge is 0.188 e. The van der Waals surface area contributed by atoms with Gasteiger partial charge in [0.15, 0.2) is 5.96 Å². The molecule has 1 aliphatic rings. The van der Waals surface area contributed by atoms with Crippen molar-refractivity contribution < 1.29 is 9.47 Å². The van der Waals surface area contributed by atoms with Gasteiger partial charge in [-0.15, -0.1) is 0 Å². The van der Waals surface area contributed by atoms with E-state index >= 15 is 0 Å². The Balaban J connectivity index is 2.44. The van der Waals surface area contributed by atoms with Gasteiger partial charge in [-0.2, -0.15) is 0 Å². The van der Waals surface area contributed by atoms with E-state index in [0.717, 1.165) is 13.0 Å². The number of ether oxygens (including phenoxy) is 2. The number of methoxy groups -OCH3 is 1. The van der Waals surface area contributed by atoms with Gasteiger partial charge in [0.05, 0.1) is 12.6 Å². The SMILES string of the molecule is CCN=C(N)NC1CCOCC1OC. The molecule has 1 saturated heterocycles. The van der Waals surface area contributed by atoms with Gasteiger partial charge in [0.1, 0.15) is 6.10 Å². The first-order valence-corrected chi connectivity index (χ1v) is 4.95. The minimum atomic E-state index is 0.0642. The molecule has 0 aromatic rings. The van der Waals surface area contributed by atoms with Crippen LogP contribution in [-0.2, 0) is 9.47 Å². The maximum atomic E-state index is 5.67. The average molecular weight is 201 g/mol. The third-order valence-corrected chi connectivity index (χ3v) is 2.27. The molecular weight excluding hydrogens is 182 g/mol. The second-order valence-electron chi connectivity index (χ2n) is 3.25. The zero-order valence-electron chi connectivity index (χ0n) is 8.82. The number of nitrogens with zero attached hydrogens (tertiary/aromatic N) is 1. The van der Waals surface area contributed by atoms with Gasteiger partial charge in [-0.05, 0) is 13.3 Å². The molecule has 0 aromatic heterocycles. The predicted octanol–water partition coefficient (Wildman–Crippen LogP) is -0.285. The lowest BCUT2D eigenvalue weighted by atomic mass is 10.1. The summed E-state index contributed by atoms with van der Waals surface area (Å²) < 4.78 is 10.6. The van der Waals surface area contributed by atoms with Gasteiger partial charge < -0.3 is 20.5 Å². The summed E-state index contributed by atoms with van der Waals surface area (Å²) in [5.74, 6) is 0.487. The summed E-state index contributed by atoms with van der Waals surface area (Å²) in [7, 11) is 1.68. The molecule has 1 aliphatic heterocycles. The van der Waals surface area contributed by atoms with Gasteiger partial charge in [0.25, 0.3) is 0 Å². The predicted molar refractivity (Wildman–Crippen MR) is 55.3 cm³/mol. The molecule has 0 spiro atoms. The maximum Gasteiger partial charge on any atom is 0.188 e. The summed E-state index contributed by atoms with van der Waals surface area (Å²) >= 11 is 0. The Morgan fingerprint density at radius 3 is 3.14 bits per heavy atom. The van der Waals surface area contributed by atoms with Crippen molar-refractivity contribution in [2.75, 3.05) is 26.9 Å². The molecule has 0 saturated carbocycles. The molecule has 3 N–H and O–H groups in total. The van der Waals surface area contributed by atoms with Crippen molar-refractivity contribution in [1.29, 1.82) is 0 Å². The highest BCUT2D eigenvalue weighted by Gasteiger charge is 2.25. The van der Waals surface area contributed by atoms with Crippen LogP contribution >= 0.6 is 0 Å². The second-order valence-corrected chi connectivity index (χ2v) is 3.25. The van der Waals surface area contributed by atoms with Crippen LogP contribution in [0.1, 0.15) is 13.3 Å². The highest BCUT2D eigenvalue weighted by atomic mass is 16.5. The van der Waals surface area contributed by atoms with Gasteiger partial charge in [-0.1, -0.05) is 0 Å². The number of hydrogen-bond acceptors (Lipinski definition) is 3. The zero-order valence-corrected chi connectivity index (χ0v) is 8.82. The van der Waals surface area contributed by atoms with Crippen LogP contribution in [0, 0.1) is 0 Å². The highest BCUT2D eigenvalue weighted by Crippen LogP contribution is 2.10. The van der Waals surface area contributed by atoms with E-state index in [1.165, 1.54) is 0 Å². The number of hydrogen-bond donors (Lipinski definition) is 2. The normalized spacial score (nSPS) is 28.9. The molecule has 0 aromatic carbocycles. The van der Waals surface area contributed by atoms with Crippen molar-refractivity contribution >= 4 is 5.96 Å². The van der Waals surface area contributed by atoms with E-state index in [-0.39, 0.29) is 12.1 Å². The second kappa shape index (κ2) is 5.82. The molecule has 82 valence electrons. The topological polar surface area (TPSA) is 68.9 Å². The Hall–Kier alpha value is -0.810. The van der Waals surface area contributed by atoms with Gasteiger partial charge in [0.2, 0.25) is 0 Å². The molecule has 1 fully saturated rings. The minimum absolute atomic E-state index is 0.0642. The van der Waals surface area contributed by atoms with E-state index in [1.54, 1.807) is 7.11 Å². The van der Waals surface area contributed by atoms with E-state index in [2.05, 4.69) is 10.3 Å². The Labute approximate surface area is 84.7 Å². The first kappa shape index (κ1) is 11.3. The van der Waals surface area contributed by atoms with E-state index in [0.29, 0.717) is 19.1 Å².